The van der Waals surface area contributed by atoms with Gasteiger partial charge in [-0.1, -0.05) is 30.3 Å². The molecule has 0 spiro atoms. The molecule has 0 aliphatic heterocycles. The molecule has 0 fully saturated rings. The molecule has 0 aliphatic carbocycles. The highest BCUT2D eigenvalue weighted by Crippen LogP contribution is 2.27. The lowest BCUT2D eigenvalue weighted by Crippen LogP contribution is -2.18. The summed E-state index contributed by atoms with van der Waals surface area (Å²) in [6.07, 6.45) is -5.06. The molecule has 112 valence electrons. The molecule has 3 nitrogen and oxygen atoms in total. The Balaban J connectivity index is 2.05. The third-order valence-corrected chi connectivity index (χ3v) is 2.72. The molecule has 0 bridgehead atoms. The third kappa shape index (κ3) is 4.68. The topological polar surface area (TPSA) is 44.5 Å². The van der Waals surface area contributed by atoms with Gasteiger partial charge in [0.1, 0.15) is 17.6 Å². The average molecular weight is 297 g/mol. The first-order valence-electron chi connectivity index (χ1n) is 6.25. The van der Waals surface area contributed by atoms with Gasteiger partial charge in [0.05, 0.1) is 0 Å². The van der Waals surface area contributed by atoms with E-state index in [-0.39, 0.29) is 18.4 Å². The summed E-state index contributed by atoms with van der Waals surface area (Å²) >= 11 is 0. The zero-order valence-corrected chi connectivity index (χ0v) is 11.0. The van der Waals surface area contributed by atoms with Crippen molar-refractivity contribution < 1.29 is 22.6 Å². The third-order valence-electron chi connectivity index (χ3n) is 2.72. The standard InChI is InChI=1S/C15H14F3NO2/c16-15(17,18)21-13-8-6-12(7-9-13)20-14(10-19)11-4-2-1-3-5-11/h1-9,14H,10,19H2. The number of benzene rings is 2. The van der Waals surface area contributed by atoms with E-state index in [2.05, 4.69) is 4.74 Å². The van der Waals surface area contributed by atoms with Gasteiger partial charge in [-0.2, -0.15) is 0 Å². The lowest BCUT2D eigenvalue weighted by atomic mass is 10.1. The predicted octanol–water partition coefficient (Wildman–Crippen LogP) is 3.66. The van der Waals surface area contributed by atoms with Gasteiger partial charge in [0.2, 0.25) is 0 Å². The molecule has 2 rings (SSSR count). The number of nitrogens with two attached hydrogens (primary N) is 1. The summed E-state index contributed by atoms with van der Waals surface area (Å²) in [4.78, 5) is 0. The summed E-state index contributed by atoms with van der Waals surface area (Å²) in [5.74, 6) is 0.127. The second-order valence-electron chi connectivity index (χ2n) is 4.27. The number of hydrogen-bond donors (Lipinski definition) is 1. The first kappa shape index (κ1) is 15.2. The molecule has 0 radical (unpaired) electrons. The molecule has 2 aromatic rings. The van der Waals surface area contributed by atoms with Gasteiger partial charge in [-0.15, -0.1) is 13.2 Å². The van der Waals surface area contributed by atoms with Crippen LogP contribution in [0.1, 0.15) is 11.7 Å². The van der Waals surface area contributed by atoms with Gasteiger partial charge in [0.15, 0.2) is 0 Å². The van der Waals surface area contributed by atoms with Crippen molar-refractivity contribution in [3.63, 3.8) is 0 Å². The highest BCUT2D eigenvalue weighted by molar-refractivity contribution is 5.32. The van der Waals surface area contributed by atoms with Crippen LogP contribution in [0.25, 0.3) is 0 Å². The summed E-state index contributed by atoms with van der Waals surface area (Å²) in [6, 6.07) is 14.6. The van der Waals surface area contributed by atoms with E-state index in [1.165, 1.54) is 24.3 Å². The van der Waals surface area contributed by atoms with Crippen LogP contribution in [0.4, 0.5) is 13.2 Å². The highest BCUT2D eigenvalue weighted by Gasteiger charge is 2.31. The zero-order chi connectivity index (χ0) is 15.3. The van der Waals surface area contributed by atoms with Crippen molar-refractivity contribution in [2.24, 2.45) is 5.73 Å². The quantitative estimate of drug-likeness (QED) is 0.916. The van der Waals surface area contributed by atoms with Gasteiger partial charge in [-0.25, -0.2) is 0 Å². The molecular formula is C15H14F3NO2. The van der Waals surface area contributed by atoms with Crippen LogP contribution in [0.15, 0.2) is 54.6 Å². The summed E-state index contributed by atoms with van der Waals surface area (Å²) in [7, 11) is 0. The minimum absolute atomic E-state index is 0.255. The zero-order valence-electron chi connectivity index (χ0n) is 11.0. The molecule has 2 aromatic carbocycles. The summed E-state index contributed by atoms with van der Waals surface area (Å²) < 4.78 is 45.6. The van der Waals surface area contributed by atoms with Crippen LogP contribution in [0.3, 0.4) is 0 Å². The molecule has 0 heterocycles. The van der Waals surface area contributed by atoms with Gasteiger partial charge >= 0.3 is 6.36 Å². The van der Waals surface area contributed by atoms with E-state index in [1.54, 1.807) is 0 Å². The van der Waals surface area contributed by atoms with Crippen molar-refractivity contribution in [1.29, 1.82) is 0 Å². The van der Waals surface area contributed by atoms with Crippen LogP contribution >= 0.6 is 0 Å². The van der Waals surface area contributed by atoms with E-state index in [0.717, 1.165) is 5.56 Å². The predicted molar refractivity (Wildman–Crippen MR) is 72.0 cm³/mol. The number of hydrogen-bond acceptors (Lipinski definition) is 3. The molecular weight excluding hydrogens is 283 g/mol. The Morgan fingerprint density at radius 2 is 1.48 bits per heavy atom. The van der Waals surface area contributed by atoms with Crippen LogP contribution in [-0.2, 0) is 0 Å². The van der Waals surface area contributed by atoms with Crippen LogP contribution in [0.2, 0.25) is 0 Å². The van der Waals surface area contributed by atoms with Crippen LogP contribution < -0.4 is 15.2 Å². The maximum Gasteiger partial charge on any atom is 0.573 e. The van der Waals surface area contributed by atoms with Crippen LogP contribution in [0, 0.1) is 0 Å². The Labute approximate surface area is 120 Å². The minimum Gasteiger partial charge on any atom is -0.484 e. The molecule has 0 aromatic heterocycles. The summed E-state index contributed by atoms with van der Waals surface area (Å²) in [6.45, 7) is 0.255. The van der Waals surface area contributed by atoms with E-state index < -0.39 is 6.36 Å². The fraction of sp³-hybridized carbons (Fsp3) is 0.200. The normalized spacial score (nSPS) is 12.8. The Morgan fingerprint density at radius 1 is 0.905 bits per heavy atom. The molecule has 6 heteroatoms. The fourth-order valence-corrected chi connectivity index (χ4v) is 1.80. The largest absolute Gasteiger partial charge is 0.573 e. The van der Waals surface area contributed by atoms with Gasteiger partial charge in [0.25, 0.3) is 0 Å². The van der Waals surface area contributed by atoms with Crippen molar-refractivity contribution in [2.45, 2.75) is 12.5 Å². The average Bonchev–Trinajstić information content (AvgIpc) is 2.46. The molecule has 0 amide bonds. The van der Waals surface area contributed by atoms with Crippen molar-refractivity contribution in [1.82, 2.24) is 0 Å². The molecule has 1 unspecified atom stereocenters. The highest BCUT2D eigenvalue weighted by atomic mass is 19.4. The summed E-state index contributed by atoms with van der Waals surface area (Å²) in [5.41, 5.74) is 6.57. The summed E-state index contributed by atoms with van der Waals surface area (Å²) in [5, 5.41) is 0. The molecule has 21 heavy (non-hydrogen) atoms. The smallest absolute Gasteiger partial charge is 0.484 e. The molecule has 1 atom stereocenters. The number of rotatable bonds is 5. The number of halogens is 3. The maximum atomic E-state index is 12.1. The first-order chi connectivity index (χ1) is 9.98. The Morgan fingerprint density at radius 3 is 2.00 bits per heavy atom. The molecule has 0 saturated carbocycles. The second kappa shape index (κ2) is 6.49. The van der Waals surface area contributed by atoms with Gasteiger partial charge in [0, 0.05) is 6.54 Å². The van der Waals surface area contributed by atoms with Crippen molar-refractivity contribution in [3.8, 4) is 11.5 Å². The number of alkyl halides is 3. The Hall–Kier alpha value is -2.21. The monoisotopic (exact) mass is 297 g/mol. The Kier molecular flexibility index (Phi) is 4.70. The van der Waals surface area contributed by atoms with E-state index in [4.69, 9.17) is 10.5 Å². The van der Waals surface area contributed by atoms with Crippen LogP contribution in [-0.4, -0.2) is 12.9 Å². The SMILES string of the molecule is NCC(Oc1ccc(OC(F)(F)F)cc1)c1ccccc1. The minimum atomic E-state index is -4.70. The molecule has 2 N–H and O–H groups in total. The second-order valence-corrected chi connectivity index (χ2v) is 4.27. The maximum absolute atomic E-state index is 12.1. The fourth-order valence-electron chi connectivity index (χ4n) is 1.80. The first-order valence-corrected chi connectivity index (χ1v) is 6.25. The lowest BCUT2D eigenvalue weighted by Gasteiger charge is -2.18. The lowest BCUT2D eigenvalue weighted by molar-refractivity contribution is -0.274. The van der Waals surface area contributed by atoms with E-state index in [9.17, 15) is 13.2 Å². The van der Waals surface area contributed by atoms with Crippen molar-refractivity contribution in [2.75, 3.05) is 6.54 Å². The van der Waals surface area contributed by atoms with E-state index in [0.29, 0.717) is 5.75 Å². The van der Waals surface area contributed by atoms with Gasteiger partial charge in [-0.05, 0) is 29.8 Å². The van der Waals surface area contributed by atoms with Crippen molar-refractivity contribution >= 4 is 0 Å². The van der Waals surface area contributed by atoms with Gasteiger partial charge in [-0.3, -0.25) is 0 Å². The van der Waals surface area contributed by atoms with Gasteiger partial charge < -0.3 is 15.2 Å². The number of ether oxygens (including phenoxy) is 2. The van der Waals surface area contributed by atoms with Crippen molar-refractivity contribution in [3.05, 3.63) is 60.2 Å². The van der Waals surface area contributed by atoms with Crippen LogP contribution in [0.5, 0.6) is 11.5 Å². The molecule has 0 saturated heterocycles. The van der Waals surface area contributed by atoms with E-state index in [1.807, 2.05) is 30.3 Å². The van der Waals surface area contributed by atoms with E-state index >= 15 is 0 Å². The molecule has 0 aliphatic rings. The Bertz CT molecular complexity index is 555.